The normalized spacial score (nSPS) is 9.90. The molecule has 0 saturated carbocycles. The van der Waals surface area contributed by atoms with Crippen LogP contribution in [0.2, 0.25) is 0 Å². The molecule has 0 unspecified atom stereocenters. The van der Waals surface area contributed by atoms with Gasteiger partial charge in [0.1, 0.15) is 0 Å². The van der Waals surface area contributed by atoms with Gasteiger partial charge >= 0.3 is 5.97 Å². The average Bonchev–Trinajstić information content (AvgIpc) is 2.49. The number of ether oxygens (including phenoxy) is 1. The summed E-state index contributed by atoms with van der Waals surface area (Å²) in [6, 6.07) is 6.09. The SMILES string of the molecule is COC(=O)c1ccc(C(=O)Nc2ncc(Br)cn2)cc1. The molecule has 1 aromatic heterocycles. The van der Waals surface area contributed by atoms with Gasteiger partial charge in [-0.1, -0.05) is 0 Å². The molecule has 0 bridgehead atoms. The van der Waals surface area contributed by atoms with Crippen molar-refractivity contribution in [3.05, 3.63) is 52.3 Å². The fourth-order valence-electron chi connectivity index (χ4n) is 1.43. The van der Waals surface area contributed by atoms with Crippen LogP contribution in [-0.4, -0.2) is 29.0 Å². The first-order chi connectivity index (χ1) is 9.60. The second-order valence-corrected chi connectivity index (χ2v) is 4.66. The zero-order valence-corrected chi connectivity index (χ0v) is 12.0. The number of halogens is 1. The number of carbonyl (C=O) groups excluding carboxylic acids is 2. The second kappa shape index (κ2) is 6.25. The van der Waals surface area contributed by atoms with Crippen LogP contribution in [0.3, 0.4) is 0 Å². The molecule has 6 nitrogen and oxygen atoms in total. The third-order valence-corrected chi connectivity index (χ3v) is 2.82. The van der Waals surface area contributed by atoms with Crippen LogP contribution in [0.5, 0.6) is 0 Å². The maximum atomic E-state index is 11.9. The van der Waals surface area contributed by atoms with E-state index in [4.69, 9.17) is 0 Å². The van der Waals surface area contributed by atoms with Crippen molar-refractivity contribution in [3.8, 4) is 0 Å². The van der Waals surface area contributed by atoms with E-state index in [-0.39, 0.29) is 11.9 Å². The summed E-state index contributed by atoms with van der Waals surface area (Å²) in [5.74, 6) is -0.604. The summed E-state index contributed by atoms with van der Waals surface area (Å²) in [7, 11) is 1.30. The van der Waals surface area contributed by atoms with Crippen molar-refractivity contribution >= 4 is 33.8 Å². The molecule has 0 saturated heterocycles. The summed E-state index contributed by atoms with van der Waals surface area (Å²) >= 11 is 3.20. The van der Waals surface area contributed by atoms with Crippen LogP contribution in [0, 0.1) is 0 Å². The first-order valence-corrected chi connectivity index (χ1v) is 6.36. The third kappa shape index (κ3) is 3.39. The van der Waals surface area contributed by atoms with Gasteiger partial charge in [0.25, 0.3) is 5.91 Å². The van der Waals surface area contributed by atoms with Gasteiger partial charge in [-0.05, 0) is 40.2 Å². The van der Waals surface area contributed by atoms with Gasteiger partial charge in [-0.2, -0.15) is 0 Å². The highest BCUT2D eigenvalue weighted by Gasteiger charge is 2.10. The molecule has 1 heterocycles. The number of nitrogens with one attached hydrogen (secondary N) is 1. The smallest absolute Gasteiger partial charge is 0.337 e. The molecule has 0 aliphatic carbocycles. The van der Waals surface area contributed by atoms with Crippen molar-refractivity contribution < 1.29 is 14.3 Å². The Kier molecular flexibility index (Phi) is 4.41. The maximum absolute atomic E-state index is 11.9. The molecule has 1 N–H and O–H groups in total. The quantitative estimate of drug-likeness (QED) is 0.870. The zero-order chi connectivity index (χ0) is 14.5. The number of hydrogen-bond donors (Lipinski definition) is 1. The van der Waals surface area contributed by atoms with Crippen molar-refractivity contribution in [1.82, 2.24) is 9.97 Å². The van der Waals surface area contributed by atoms with Gasteiger partial charge < -0.3 is 4.74 Å². The summed E-state index contributed by atoms with van der Waals surface area (Å²) in [5.41, 5.74) is 0.771. The molecule has 1 aromatic carbocycles. The number of hydrogen-bond acceptors (Lipinski definition) is 5. The van der Waals surface area contributed by atoms with E-state index < -0.39 is 5.97 Å². The van der Waals surface area contributed by atoms with Gasteiger partial charge in [-0.3, -0.25) is 10.1 Å². The first kappa shape index (κ1) is 14.1. The summed E-state index contributed by atoms with van der Waals surface area (Å²) in [4.78, 5) is 31.1. The van der Waals surface area contributed by atoms with Gasteiger partial charge in [0, 0.05) is 18.0 Å². The fraction of sp³-hybridized carbons (Fsp3) is 0.0769. The molecule has 0 aliphatic heterocycles. The van der Waals surface area contributed by atoms with Gasteiger partial charge in [0.2, 0.25) is 5.95 Å². The molecule has 7 heteroatoms. The minimum Gasteiger partial charge on any atom is -0.465 e. The number of amides is 1. The van der Waals surface area contributed by atoms with Crippen LogP contribution >= 0.6 is 15.9 Å². The van der Waals surface area contributed by atoms with E-state index in [9.17, 15) is 9.59 Å². The van der Waals surface area contributed by atoms with Crippen molar-refractivity contribution in [2.45, 2.75) is 0 Å². The molecular formula is C13H10BrN3O3. The lowest BCUT2D eigenvalue weighted by Crippen LogP contribution is -2.14. The second-order valence-electron chi connectivity index (χ2n) is 3.75. The molecule has 2 rings (SSSR count). The van der Waals surface area contributed by atoms with Crippen molar-refractivity contribution in [2.75, 3.05) is 12.4 Å². The Labute approximate surface area is 123 Å². The van der Waals surface area contributed by atoms with Crippen molar-refractivity contribution in [3.63, 3.8) is 0 Å². The highest BCUT2D eigenvalue weighted by Crippen LogP contribution is 2.10. The minimum absolute atomic E-state index is 0.204. The molecule has 2 aromatic rings. The Hall–Kier alpha value is -2.28. The first-order valence-electron chi connectivity index (χ1n) is 5.57. The lowest BCUT2D eigenvalue weighted by Gasteiger charge is -2.04. The summed E-state index contributed by atoms with van der Waals surface area (Å²) in [6.45, 7) is 0. The topological polar surface area (TPSA) is 81.2 Å². The standard InChI is InChI=1S/C13H10BrN3O3/c1-20-12(19)9-4-2-8(3-5-9)11(18)17-13-15-6-10(14)7-16-13/h2-7H,1H3,(H,15,16,17,18). The van der Waals surface area contributed by atoms with E-state index in [1.54, 1.807) is 0 Å². The largest absolute Gasteiger partial charge is 0.465 e. The monoisotopic (exact) mass is 335 g/mol. The molecular weight excluding hydrogens is 326 g/mol. The fourth-order valence-corrected chi connectivity index (χ4v) is 1.63. The third-order valence-electron chi connectivity index (χ3n) is 2.41. The lowest BCUT2D eigenvalue weighted by molar-refractivity contribution is 0.0600. The van der Waals surface area contributed by atoms with Gasteiger partial charge in [0.15, 0.2) is 0 Å². The molecule has 0 radical (unpaired) electrons. The van der Waals surface area contributed by atoms with E-state index in [0.717, 1.165) is 4.47 Å². The van der Waals surface area contributed by atoms with E-state index in [0.29, 0.717) is 11.1 Å². The summed E-state index contributed by atoms with van der Waals surface area (Å²) in [6.07, 6.45) is 3.06. The Morgan fingerprint density at radius 3 is 2.20 bits per heavy atom. The number of aromatic nitrogens is 2. The van der Waals surface area contributed by atoms with E-state index in [1.807, 2.05) is 0 Å². The van der Waals surface area contributed by atoms with E-state index >= 15 is 0 Å². The van der Waals surface area contributed by atoms with Crippen LogP contribution in [0.25, 0.3) is 0 Å². The van der Waals surface area contributed by atoms with Gasteiger partial charge in [-0.25, -0.2) is 14.8 Å². The molecule has 0 atom stereocenters. The van der Waals surface area contributed by atoms with Crippen LogP contribution in [-0.2, 0) is 4.74 Å². The predicted octanol–water partition coefficient (Wildman–Crippen LogP) is 2.28. The van der Waals surface area contributed by atoms with Crippen LogP contribution in [0.1, 0.15) is 20.7 Å². The number of benzene rings is 1. The summed E-state index contributed by atoms with van der Waals surface area (Å²) in [5, 5.41) is 2.55. The highest BCUT2D eigenvalue weighted by molar-refractivity contribution is 9.10. The Morgan fingerprint density at radius 1 is 1.10 bits per heavy atom. The van der Waals surface area contributed by atoms with Gasteiger partial charge in [-0.15, -0.1) is 0 Å². The number of anilines is 1. The number of esters is 1. The number of carbonyl (C=O) groups is 2. The maximum Gasteiger partial charge on any atom is 0.337 e. The molecule has 0 fully saturated rings. The molecule has 0 spiro atoms. The molecule has 20 heavy (non-hydrogen) atoms. The van der Waals surface area contributed by atoms with E-state index in [2.05, 4.69) is 36.0 Å². The van der Waals surface area contributed by atoms with Crippen LogP contribution in [0.15, 0.2) is 41.1 Å². The number of rotatable bonds is 3. The van der Waals surface area contributed by atoms with E-state index in [1.165, 1.54) is 43.8 Å². The number of methoxy groups -OCH3 is 1. The number of nitrogens with zero attached hydrogens (tertiary/aromatic N) is 2. The van der Waals surface area contributed by atoms with Crippen LogP contribution < -0.4 is 5.32 Å². The molecule has 1 amide bonds. The Balaban J connectivity index is 2.09. The van der Waals surface area contributed by atoms with Crippen molar-refractivity contribution in [2.24, 2.45) is 0 Å². The average molecular weight is 336 g/mol. The van der Waals surface area contributed by atoms with Gasteiger partial charge in [0.05, 0.1) is 17.1 Å². The Bertz CT molecular complexity index is 626. The predicted molar refractivity (Wildman–Crippen MR) is 75.5 cm³/mol. The minimum atomic E-state index is -0.451. The molecule has 0 aliphatic rings. The highest BCUT2D eigenvalue weighted by atomic mass is 79.9. The molecule has 102 valence electrons. The van der Waals surface area contributed by atoms with Crippen LogP contribution in [0.4, 0.5) is 5.95 Å². The van der Waals surface area contributed by atoms with Crippen molar-refractivity contribution in [1.29, 1.82) is 0 Å². The summed E-state index contributed by atoms with van der Waals surface area (Å²) < 4.78 is 5.30. The Morgan fingerprint density at radius 2 is 1.65 bits per heavy atom. The lowest BCUT2D eigenvalue weighted by atomic mass is 10.1. The zero-order valence-electron chi connectivity index (χ0n) is 10.5.